The number of carbonyl (C=O) groups excluding carboxylic acids is 1. The Morgan fingerprint density at radius 3 is 2.67 bits per heavy atom. The molecule has 0 saturated heterocycles. The molecule has 5 heteroatoms. The van der Waals surface area contributed by atoms with Crippen molar-refractivity contribution in [3.63, 3.8) is 0 Å². The summed E-state index contributed by atoms with van der Waals surface area (Å²) in [5.41, 5.74) is 3.97. The van der Waals surface area contributed by atoms with Crippen molar-refractivity contribution in [3.05, 3.63) is 66.4 Å². The quantitative estimate of drug-likeness (QED) is 0.752. The molecule has 3 rings (SSSR count). The fourth-order valence-electron chi connectivity index (χ4n) is 2.40. The third kappa shape index (κ3) is 3.46. The monoisotopic (exact) mass is 320 g/mol. The fraction of sp³-hybridized carbons (Fsp3) is 0.158. The number of hydrogen-bond acceptors (Lipinski definition) is 3. The van der Waals surface area contributed by atoms with Crippen LogP contribution in [0, 0.1) is 0 Å². The number of aromatic amines is 1. The zero-order valence-electron chi connectivity index (χ0n) is 13.8. The molecule has 0 radical (unpaired) electrons. The molecule has 24 heavy (non-hydrogen) atoms. The first-order chi connectivity index (χ1) is 11.7. The molecule has 0 aliphatic rings. The smallest absolute Gasteiger partial charge is 0.273 e. The lowest BCUT2D eigenvalue weighted by molar-refractivity contribution is 0.102. The number of carbonyl (C=O) groups is 1. The molecule has 0 atom stereocenters. The van der Waals surface area contributed by atoms with Crippen LogP contribution in [0.1, 0.15) is 17.4 Å². The van der Waals surface area contributed by atoms with Gasteiger partial charge in [-0.2, -0.15) is 5.10 Å². The molecule has 0 fully saturated rings. The van der Waals surface area contributed by atoms with E-state index in [0.29, 0.717) is 5.69 Å². The van der Waals surface area contributed by atoms with Crippen LogP contribution in [-0.2, 0) is 0 Å². The van der Waals surface area contributed by atoms with E-state index in [9.17, 15) is 4.79 Å². The summed E-state index contributed by atoms with van der Waals surface area (Å²) in [7, 11) is 2.02. The summed E-state index contributed by atoms with van der Waals surface area (Å²) in [6.45, 7) is 2.99. The third-order valence-corrected chi connectivity index (χ3v) is 3.91. The van der Waals surface area contributed by atoms with Gasteiger partial charge in [0.1, 0.15) is 5.69 Å². The summed E-state index contributed by atoms with van der Waals surface area (Å²) in [4.78, 5) is 14.5. The maximum atomic E-state index is 12.4. The number of H-pyrrole nitrogens is 1. The lowest BCUT2D eigenvalue weighted by Crippen LogP contribution is -2.17. The zero-order valence-corrected chi connectivity index (χ0v) is 13.8. The minimum Gasteiger partial charge on any atom is -0.375 e. The van der Waals surface area contributed by atoms with Crippen LogP contribution in [0.15, 0.2) is 60.7 Å². The molecule has 2 N–H and O–H groups in total. The number of aromatic nitrogens is 2. The number of nitrogens with zero attached hydrogens (tertiary/aromatic N) is 2. The van der Waals surface area contributed by atoms with Gasteiger partial charge in [0, 0.05) is 30.5 Å². The molecular formula is C19H20N4O. The molecule has 0 saturated carbocycles. The Morgan fingerprint density at radius 2 is 1.92 bits per heavy atom. The van der Waals surface area contributed by atoms with Gasteiger partial charge in [0.2, 0.25) is 0 Å². The Bertz CT molecular complexity index is 826. The highest BCUT2D eigenvalue weighted by Gasteiger charge is 2.11. The van der Waals surface area contributed by atoms with Gasteiger partial charge >= 0.3 is 0 Å². The summed E-state index contributed by atoms with van der Waals surface area (Å²) >= 11 is 0. The van der Waals surface area contributed by atoms with E-state index in [1.807, 2.05) is 61.6 Å². The van der Waals surface area contributed by atoms with E-state index in [1.165, 1.54) is 0 Å². The molecule has 2 aromatic carbocycles. The molecule has 0 spiro atoms. The number of nitrogens with one attached hydrogen (secondary N) is 2. The number of rotatable bonds is 5. The topological polar surface area (TPSA) is 61.0 Å². The van der Waals surface area contributed by atoms with Crippen molar-refractivity contribution in [2.75, 3.05) is 23.8 Å². The van der Waals surface area contributed by atoms with Crippen LogP contribution < -0.4 is 10.2 Å². The van der Waals surface area contributed by atoms with Crippen LogP contribution in [-0.4, -0.2) is 29.7 Å². The van der Waals surface area contributed by atoms with Gasteiger partial charge in [0.25, 0.3) is 5.91 Å². The molecule has 0 aliphatic carbocycles. The Labute approximate surface area is 141 Å². The van der Waals surface area contributed by atoms with E-state index in [0.717, 1.165) is 29.2 Å². The van der Waals surface area contributed by atoms with Crippen molar-refractivity contribution in [1.82, 2.24) is 10.2 Å². The van der Waals surface area contributed by atoms with Crippen molar-refractivity contribution in [2.24, 2.45) is 0 Å². The molecule has 3 aromatic rings. The van der Waals surface area contributed by atoms with Crippen LogP contribution in [0.3, 0.4) is 0 Å². The normalized spacial score (nSPS) is 10.4. The van der Waals surface area contributed by atoms with Crippen molar-refractivity contribution >= 4 is 17.3 Å². The second-order valence-electron chi connectivity index (χ2n) is 5.55. The summed E-state index contributed by atoms with van der Waals surface area (Å²) in [5.74, 6) is -0.207. The highest BCUT2D eigenvalue weighted by Crippen LogP contribution is 2.20. The third-order valence-electron chi connectivity index (χ3n) is 3.91. The Kier molecular flexibility index (Phi) is 4.61. The van der Waals surface area contributed by atoms with E-state index < -0.39 is 0 Å². The molecule has 1 aromatic heterocycles. The minimum absolute atomic E-state index is 0.207. The van der Waals surface area contributed by atoms with Crippen LogP contribution in [0.4, 0.5) is 11.4 Å². The average Bonchev–Trinajstić information content (AvgIpc) is 3.12. The average molecular weight is 320 g/mol. The highest BCUT2D eigenvalue weighted by atomic mass is 16.1. The summed E-state index contributed by atoms with van der Waals surface area (Å²) in [5, 5.41) is 9.92. The van der Waals surface area contributed by atoms with Crippen LogP contribution in [0.25, 0.3) is 11.3 Å². The molecular weight excluding hydrogens is 300 g/mol. The van der Waals surface area contributed by atoms with Gasteiger partial charge in [-0.1, -0.05) is 36.4 Å². The van der Waals surface area contributed by atoms with E-state index in [4.69, 9.17) is 0 Å². The maximum absolute atomic E-state index is 12.4. The van der Waals surface area contributed by atoms with Crippen molar-refractivity contribution in [1.29, 1.82) is 0 Å². The Balaban J connectivity index is 1.75. The summed E-state index contributed by atoms with van der Waals surface area (Å²) in [6, 6.07) is 19.3. The van der Waals surface area contributed by atoms with E-state index in [2.05, 4.69) is 27.3 Å². The van der Waals surface area contributed by atoms with Gasteiger partial charge in [-0.05, 0) is 31.2 Å². The van der Waals surface area contributed by atoms with E-state index in [1.54, 1.807) is 6.07 Å². The lowest BCUT2D eigenvalue weighted by atomic mass is 10.1. The number of anilines is 2. The first-order valence-electron chi connectivity index (χ1n) is 7.90. The molecule has 122 valence electrons. The highest BCUT2D eigenvalue weighted by molar-refractivity contribution is 6.03. The second kappa shape index (κ2) is 7.00. The second-order valence-corrected chi connectivity index (χ2v) is 5.55. The first kappa shape index (κ1) is 15.8. The minimum atomic E-state index is -0.207. The number of hydrogen-bond donors (Lipinski definition) is 2. The molecule has 0 unspecified atom stereocenters. The summed E-state index contributed by atoms with van der Waals surface area (Å²) < 4.78 is 0. The lowest BCUT2D eigenvalue weighted by Gasteiger charge is -2.17. The van der Waals surface area contributed by atoms with Gasteiger partial charge in [0.05, 0.1) is 5.69 Å². The van der Waals surface area contributed by atoms with Gasteiger partial charge < -0.3 is 10.2 Å². The van der Waals surface area contributed by atoms with Gasteiger partial charge in [-0.15, -0.1) is 0 Å². The number of amides is 1. The SMILES string of the molecule is CCN(C)c1cccc(NC(=O)c2cc(-c3ccccc3)n[nH]2)c1. The van der Waals surface area contributed by atoms with Crippen LogP contribution >= 0.6 is 0 Å². The van der Waals surface area contributed by atoms with Crippen LogP contribution in [0.5, 0.6) is 0 Å². The first-order valence-corrected chi connectivity index (χ1v) is 7.90. The largest absolute Gasteiger partial charge is 0.375 e. The Morgan fingerprint density at radius 1 is 1.12 bits per heavy atom. The predicted octanol–water partition coefficient (Wildman–Crippen LogP) is 3.79. The molecule has 0 aliphatic heterocycles. The zero-order chi connectivity index (χ0) is 16.9. The summed E-state index contributed by atoms with van der Waals surface area (Å²) in [6.07, 6.45) is 0. The van der Waals surface area contributed by atoms with Crippen molar-refractivity contribution in [2.45, 2.75) is 6.92 Å². The number of benzene rings is 2. The van der Waals surface area contributed by atoms with Crippen LogP contribution in [0.2, 0.25) is 0 Å². The molecule has 1 heterocycles. The molecule has 1 amide bonds. The Hall–Kier alpha value is -3.08. The standard InChI is InChI=1S/C19H20N4O/c1-3-23(2)16-11-7-10-15(12-16)20-19(24)18-13-17(21-22-18)14-8-5-4-6-9-14/h4-13H,3H2,1-2H3,(H,20,24)(H,21,22). The van der Waals surface area contributed by atoms with E-state index >= 15 is 0 Å². The molecule has 5 nitrogen and oxygen atoms in total. The van der Waals surface area contributed by atoms with Gasteiger partial charge in [0.15, 0.2) is 0 Å². The predicted molar refractivity (Wildman–Crippen MR) is 97.4 cm³/mol. The fourth-order valence-corrected chi connectivity index (χ4v) is 2.40. The van der Waals surface area contributed by atoms with Crippen molar-refractivity contribution in [3.8, 4) is 11.3 Å². The van der Waals surface area contributed by atoms with E-state index in [-0.39, 0.29) is 5.91 Å². The molecule has 0 bridgehead atoms. The van der Waals surface area contributed by atoms with Crippen molar-refractivity contribution < 1.29 is 4.79 Å². The van der Waals surface area contributed by atoms with Gasteiger partial charge in [-0.25, -0.2) is 0 Å². The van der Waals surface area contributed by atoms with Gasteiger partial charge in [-0.3, -0.25) is 9.89 Å². The maximum Gasteiger partial charge on any atom is 0.273 e.